The first-order valence-electron chi connectivity index (χ1n) is 5.49. The van der Waals surface area contributed by atoms with Gasteiger partial charge in [-0.2, -0.15) is 9.97 Å². The van der Waals surface area contributed by atoms with Crippen LogP contribution in [-0.2, 0) is 0 Å². The van der Waals surface area contributed by atoms with E-state index in [0.29, 0.717) is 23.6 Å². The number of hydrogen-bond donors (Lipinski definition) is 1. The van der Waals surface area contributed by atoms with Gasteiger partial charge in [0.15, 0.2) is 0 Å². The molecular weight excluding hydrogens is 242 g/mol. The number of methoxy groups -OCH3 is 2. The SMILES string of the molecule is COc1cc(OC)nc(NC(C)CCCCl)n1. The maximum atomic E-state index is 5.64. The summed E-state index contributed by atoms with van der Waals surface area (Å²) in [7, 11) is 3.12. The lowest BCUT2D eigenvalue weighted by Gasteiger charge is -2.14. The molecule has 1 unspecified atom stereocenters. The van der Waals surface area contributed by atoms with Crippen LogP contribution in [-0.4, -0.2) is 36.1 Å². The van der Waals surface area contributed by atoms with Crippen LogP contribution in [0.3, 0.4) is 0 Å². The predicted molar refractivity (Wildman–Crippen MR) is 68.2 cm³/mol. The van der Waals surface area contributed by atoms with Gasteiger partial charge in [-0.1, -0.05) is 0 Å². The Morgan fingerprint density at radius 3 is 2.35 bits per heavy atom. The zero-order valence-electron chi connectivity index (χ0n) is 10.4. The third kappa shape index (κ3) is 4.65. The molecule has 1 aromatic rings. The lowest BCUT2D eigenvalue weighted by Crippen LogP contribution is -2.17. The highest BCUT2D eigenvalue weighted by atomic mass is 35.5. The van der Waals surface area contributed by atoms with Gasteiger partial charge >= 0.3 is 0 Å². The van der Waals surface area contributed by atoms with Gasteiger partial charge in [-0.25, -0.2) is 0 Å². The van der Waals surface area contributed by atoms with Gasteiger partial charge in [0.05, 0.1) is 20.3 Å². The van der Waals surface area contributed by atoms with E-state index in [1.807, 2.05) is 0 Å². The standard InChI is InChI=1S/C11H18ClN3O2/c1-8(5-4-6-12)13-11-14-9(16-2)7-10(15-11)17-3/h7-8H,4-6H2,1-3H3,(H,13,14,15). The Morgan fingerprint density at radius 2 is 1.88 bits per heavy atom. The summed E-state index contributed by atoms with van der Waals surface area (Å²) in [5.41, 5.74) is 0. The second-order valence-corrected chi connectivity index (χ2v) is 4.03. The smallest absolute Gasteiger partial charge is 0.229 e. The summed E-state index contributed by atoms with van der Waals surface area (Å²) in [6.07, 6.45) is 1.92. The van der Waals surface area contributed by atoms with E-state index in [2.05, 4.69) is 22.2 Å². The number of aromatic nitrogens is 2. The van der Waals surface area contributed by atoms with E-state index in [1.54, 1.807) is 20.3 Å². The third-order valence-corrected chi connectivity index (χ3v) is 2.51. The number of halogens is 1. The number of ether oxygens (including phenoxy) is 2. The van der Waals surface area contributed by atoms with Crippen LogP contribution in [0.1, 0.15) is 19.8 Å². The molecule has 0 bridgehead atoms. The van der Waals surface area contributed by atoms with Crippen molar-refractivity contribution in [2.45, 2.75) is 25.8 Å². The van der Waals surface area contributed by atoms with Gasteiger partial charge in [-0.3, -0.25) is 0 Å². The average molecular weight is 260 g/mol. The molecule has 0 spiro atoms. The number of rotatable bonds is 7. The maximum Gasteiger partial charge on any atom is 0.229 e. The van der Waals surface area contributed by atoms with Gasteiger partial charge in [0.2, 0.25) is 17.7 Å². The van der Waals surface area contributed by atoms with E-state index < -0.39 is 0 Å². The van der Waals surface area contributed by atoms with Crippen LogP contribution in [0.5, 0.6) is 11.8 Å². The summed E-state index contributed by atoms with van der Waals surface area (Å²) in [4.78, 5) is 8.38. The van der Waals surface area contributed by atoms with Crippen molar-refractivity contribution in [1.82, 2.24) is 9.97 Å². The van der Waals surface area contributed by atoms with Crippen molar-refractivity contribution in [1.29, 1.82) is 0 Å². The van der Waals surface area contributed by atoms with E-state index in [4.69, 9.17) is 21.1 Å². The molecule has 6 heteroatoms. The largest absolute Gasteiger partial charge is 0.481 e. The number of hydrogen-bond acceptors (Lipinski definition) is 5. The molecule has 0 aliphatic heterocycles. The lowest BCUT2D eigenvalue weighted by atomic mass is 10.2. The molecule has 0 aliphatic carbocycles. The molecule has 1 rings (SSSR count). The highest BCUT2D eigenvalue weighted by molar-refractivity contribution is 6.17. The predicted octanol–water partition coefficient (Wildman–Crippen LogP) is 2.31. The van der Waals surface area contributed by atoms with E-state index in [1.165, 1.54) is 0 Å². The minimum Gasteiger partial charge on any atom is -0.481 e. The maximum absolute atomic E-state index is 5.64. The first kappa shape index (κ1) is 13.8. The van der Waals surface area contributed by atoms with Crippen molar-refractivity contribution in [3.63, 3.8) is 0 Å². The van der Waals surface area contributed by atoms with Crippen LogP contribution < -0.4 is 14.8 Å². The molecule has 1 heterocycles. The second-order valence-electron chi connectivity index (χ2n) is 3.65. The van der Waals surface area contributed by atoms with E-state index in [-0.39, 0.29) is 6.04 Å². The van der Waals surface area contributed by atoms with Crippen LogP contribution in [0, 0.1) is 0 Å². The Morgan fingerprint density at radius 1 is 1.29 bits per heavy atom. The molecule has 17 heavy (non-hydrogen) atoms. The number of anilines is 1. The Balaban J connectivity index is 2.68. The summed E-state index contributed by atoms with van der Waals surface area (Å²) in [6, 6.07) is 1.89. The fourth-order valence-electron chi connectivity index (χ4n) is 1.35. The van der Waals surface area contributed by atoms with Crippen LogP contribution in [0.4, 0.5) is 5.95 Å². The summed E-state index contributed by atoms with van der Waals surface area (Å²) in [6.45, 7) is 2.06. The summed E-state index contributed by atoms with van der Waals surface area (Å²) < 4.78 is 10.1. The third-order valence-electron chi connectivity index (χ3n) is 2.24. The Hall–Kier alpha value is -1.23. The molecule has 5 nitrogen and oxygen atoms in total. The molecule has 0 aliphatic rings. The molecule has 0 saturated carbocycles. The Kier molecular flexibility index (Phi) is 5.83. The highest BCUT2D eigenvalue weighted by Gasteiger charge is 2.08. The van der Waals surface area contributed by atoms with Crippen LogP contribution in [0.2, 0.25) is 0 Å². The molecule has 0 radical (unpaired) electrons. The summed E-state index contributed by atoms with van der Waals surface area (Å²) in [5, 5.41) is 3.19. The number of nitrogens with one attached hydrogen (secondary N) is 1. The first-order chi connectivity index (χ1) is 8.19. The molecule has 0 amide bonds. The molecule has 0 saturated heterocycles. The van der Waals surface area contributed by atoms with E-state index in [0.717, 1.165) is 12.8 Å². The molecule has 1 atom stereocenters. The minimum absolute atomic E-state index is 0.255. The van der Waals surface area contributed by atoms with Crippen molar-refractivity contribution in [3.8, 4) is 11.8 Å². The molecule has 0 fully saturated rings. The normalized spacial score (nSPS) is 12.0. The average Bonchev–Trinajstić information content (AvgIpc) is 2.35. The lowest BCUT2D eigenvalue weighted by molar-refractivity contribution is 0.372. The van der Waals surface area contributed by atoms with Gasteiger partial charge in [-0.15, -0.1) is 11.6 Å². The monoisotopic (exact) mass is 259 g/mol. The first-order valence-corrected chi connectivity index (χ1v) is 6.02. The van der Waals surface area contributed by atoms with Gasteiger partial charge < -0.3 is 14.8 Å². The van der Waals surface area contributed by atoms with Gasteiger partial charge in [-0.05, 0) is 19.8 Å². The zero-order valence-corrected chi connectivity index (χ0v) is 11.1. The van der Waals surface area contributed by atoms with Crippen LogP contribution in [0.25, 0.3) is 0 Å². The summed E-state index contributed by atoms with van der Waals surface area (Å²) in [5.74, 6) is 2.12. The Bertz CT molecular complexity index is 327. The van der Waals surface area contributed by atoms with Crippen molar-refractivity contribution >= 4 is 17.5 Å². The van der Waals surface area contributed by atoms with Gasteiger partial charge in [0.25, 0.3) is 0 Å². The molecule has 0 aromatic carbocycles. The highest BCUT2D eigenvalue weighted by Crippen LogP contribution is 2.18. The van der Waals surface area contributed by atoms with Crippen molar-refractivity contribution < 1.29 is 9.47 Å². The van der Waals surface area contributed by atoms with Crippen LogP contribution in [0.15, 0.2) is 6.07 Å². The van der Waals surface area contributed by atoms with Crippen molar-refractivity contribution in [3.05, 3.63) is 6.07 Å². The molecule has 1 aromatic heterocycles. The number of alkyl halides is 1. The second kappa shape index (κ2) is 7.17. The topological polar surface area (TPSA) is 56.3 Å². The number of nitrogens with zero attached hydrogens (tertiary/aromatic N) is 2. The van der Waals surface area contributed by atoms with Gasteiger partial charge in [0, 0.05) is 11.9 Å². The Labute approximate surface area is 107 Å². The molecule has 96 valence electrons. The quantitative estimate of drug-likeness (QED) is 0.762. The fraction of sp³-hybridized carbons (Fsp3) is 0.636. The minimum atomic E-state index is 0.255. The van der Waals surface area contributed by atoms with E-state index >= 15 is 0 Å². The molecule has 1 N–H and O–H groups in total. The van der Waals surface area contributed by atoms with E-state index in [9.17, 15) is 0 Å². The zero-order chi connectivity index (χ0) is 12.7. The molecular formula is C11H18ClN3O2. The van der Waals surface area contributed by atoms with Crippen molar-refractivity contribution in [2.24, 2.45) is 0 Å². The van der Waals surface area contributed by atoms with Crippen LogP contribution >= 0.6 is 11.6 Å². The van der Waals surface area contributed by atoms with Gasteiger partial charge in [0.1, 0.15) is 0 Å². The van der Waals surface area contributed by atoms with Crippen molar-refractivity contribution in [2.75, 3.05) is 25.4 Å². The fourth-order valence-corrected chi connectivity index (χ4v) is 1.51. The summed E-state index contributed by atoms with van der Waals surface area (Å²) >= 11 is 5.64.